The number of aliphatic hydroxyl groups is 1. The second-order valence-corrected chi connectivity index (χ2v) is 6.95. The van der Waals surface area contributed by atoms with Gasteiger partial charge in [0.1, 0.15) is 5.75 Å². The van der Waals surface area contributed by atoms with Crippen LogP contribution in [0.25, 0.3) is 0 Å². The van der Waals surface area contributed by atoms with Crippen molar-refractivity contribution in [3.63, 3.8) is 0 Å². The van der Waals surface area contributed by atoms with Gasteiger partial charge >= 0.3 is 0 Å². The Labute approximate surface area is 135 Å². The molecule has 22 heavy (non-hydrogen) atoms. The Bertz CT molecular complexity index is 535. The Morgan fingerprint density at radius 2 is 2.05 bits per heavy atom. The molecule has 1 aliphatic rings. The van der Waals surface area contributed by atoms with Gasteiger partial charge in [-0.1, -0.05) is 11.6 Å². The minimum atomic E-state index is -0.721. The van der Waals surface area contributed by atoms with Gasteiger partial charge in [0.05, 0.1) is 11.3 Å². The third-order valence-electron chi connectivity index (χ3n) is 3.79. The number of β-amino-alcohol motifs (C(OH)–C–C–N with tert-alkyl or cyclic N) is 1. The summed E-state index contributed by atoms with van der Waals surface area (Å²) in [5.41, 5.74) is -0.377. The molecule has 0 unspecified atom stereocenters. The van der Waals surface area contributed by atoms with Gasteiger partial charge in [0, 0.05) is 17.5 Å². The maximum Gasteiger partial charge on any atom is 0.227 e. The monoisotopic (exact) mass is 326 g/mol. The van der Waals surface area contributed by atoms with Crippen molar-refractivity contribution in [3.8, 4) is 5.75 Å². The van der Waals surface area contributed by atoms with Crippen LogP contribution in [0.5, 0.6) is 5.75 Å². The second-order valence-electron chi connectivity index (χ2n) is 6.51. The van der Waals surface area contributed by atoms with Crippen molar-refractivity contribution < 1.29 is 15.0 Å². The molecule has 1 aromatic carbocycles. The molecule has 0 bridgehead atoms. The molecule has 1 aromatic rings. The highest BCUT2D eigenvalue weighted by Crippen LogP contribution is 2.28. The number of benzene rings is 1. The zero-order valence-electron chi connectivity index (χ0n) is 13.0. The molecule has 6 heteroatoms. The van der Waals surface area contributed by atoms with Gasteiger partial charge in [0.15, 0.2) is 0 Å². The molecule has 0 atom stereocenters. The van der Waals surface area contributed by atoms with Crippen molar-refractivity contribution >= 4 is 23.2 Å². The number of amides is 1. The molecular weight excluding hydrogens is 304 g/mol. The van der Waals surface area contributed by atoms with Gasteiger partial charge in [0.25, 0.3) is 0 Å². The first-order valence-corrected chi connectivity index (χ1v) is 7.86. The lowest BCUT2D eigenvalue weighted by atomic mass is 9.94. The SMILES string of the molecule is CC(C)(O)CN1CCC(C(=O)Nc2cc(Cl)ccc2O)CC1. The predicted octanol–water partition coefficient (Wildman–Crippen LogP) is 2.47. The molecule has 1 heterocycles. The third-order valence-corrected chi connectivity index (χ3v) is 4.02. The summed E-state index contributed by atoms with van der Waals surface area (Å²) in [6.07, 6.45) is 1.48. The minimum Gasteiger partial charge on any atom is -0.506 e. The number of hydrogen-bond acceptors (Lipinski definition) is 4. The summed E-state index contributed by atoms with van der Waals surface area (Å²) in [5.74, 6) is -0.172. The molecule has 0 saturated carbocycles. The third kappa shape index (κ3) is 4.87. The number of phenolic OH excluding ortho intramolecular Hbond substituents is 1. The summed E-state index contributed by atoms with van der Waals surface area (Å²) >= 11 is 5.87. The second kappa shape index (κ2) is 6.86. The van der Waals surface area contributed by atoms with Crippen molar-refractivity contribution in [1.82, 2.24) is 4.90 Å². The van der Waals surface area contributed by atoms with Crippen LogP contribution in [0.15, 0.2) is 18.2 Å². The Kier molecular flexibility index (Phi) is 5.32. The summed E-state index contributed by atoms with van der Waals surface area (Å²) in [6.45, 7) is 5.74. The molecule has 1 amide bonds. The van der Waals surface area contributed by atoms with E-state index in [0.29, 0.717) is 17.3 Å². The summed E-state index contributed by atoms with van der Waals surface area (Å²) in [6, 6.07) is 4.57. The van der Waals surface area contributed by atoms with Crippen molar-refractivity contribution in [2.75, 3.05) is 25.0 Å². The van der Waals surface area contributed by atoms with Gasteiger partial charge in [-0.2, -0.15) is 0 Å². The number of hydrogen-bond donors (Lipinski definition) is 3. The minimum absolute atomic E-state index is 0.0113. The Morgan fingerprint density at radius 3 is 2.64 bits per heavy atom. The average Bonchev–Trinajstić information content (AvgIpc) is 2.42. The maximum absolute atomic E-state index is 12.3. The van der Waals surface area contributed by atoms with Crippen molar-refractivity contribution in [2.45, 2.75) is 32.3 Å². The van der Waals surface area contributed by atoms with Crippen LogP contribution >= 0.6 is 11.6 Å². The zero-order valence-corrected chi connectivity index (χ0v) is 13.7. The van der Waals surface area contributed by atoms with Crippen LogP contribution in [0.2, 0.25) is 5.02 Å². The van der Waals surface area contributed by atoms with E-state index in [4.69, 9.17) is 11.6 Å². The topological polar surface area (TPSA) is 72.8 Å². The lowest BCUT2D eigenvalue weighted by Crippen LogP contribution is -2.44. The van der Waals surface area contributed by atoms with E-state index < -0.39 is 5.60 Å². The standard InChI is InChI=1S/C16H23ClN2O3/c1-16(2,22)10-19-7-5-11(6-8-19)15(21)18-13-9-12(17)3-4-14(13)20/h3-4,9,11,20,22H,5-8,10H2,1-2H3,(H,18,21). The van der Waals surface area contributed by atoms with Gasteiger partial charge in [-0.15, -0.1) is 0 Å². The smallest absolute Gasteiger partial charge is 0.227 e. The molecule has 1 saturated heterocycles. The maximum atomic E-state index is 12.3. The number of halogens is 1. The van der Waals surface area contributed by atoms with E-state index in [0.717, 1.165) is 25.9 Å². The van der Waals surface area contributed by atoms with E-state index in [1.165, 1.54) is 12.1 Å². The lowest BCUT2D eigenvalue weighted by Gasteiger charge is -2.34. The van der Waals surface area contributed by atoms with E-state index in [-0.39, 0.29) is 17.6 Å². The van der Waals surface area contributed by atoms with Crippen LogP contribution in [-0.4, -0.2) is 46.3 Å². The number of likely N-dealkylation sites (tertiary alicyclic amines) is 1. The first-order chi connectivity index (χ1) is 10.2. The number of aromatic hydroxyl groups is 1. The number of nitrogens with one attached hydrogen (secondary N) is 1. The fourth-order valence-electron chi connectivity index (χ4n) is 2.74. The summed E-state index contributed by atoms with van der Waals surface area (Å²) in [4.78, 5) is 14.5. The van der Waals surface area contributed by atoms with Gasteiger partial charge in [-0.05, 0) is 58.0 Å². The van der Waals surface area contributed by atoms with Crippen molar-refractivity contribution in [3.05, 3.63) is 23.2 Å². The fourth-order valence-corrected chi connectivity index (χ4v) is 2.92. The normalized spacial score (nSPS) is 17.5. The largest absolute Gasteiger partial charge is 0.506 e. The molecule has 0 aliphatic carbocycles. The fraction of sp³-hybridized carbons (Fsp3) is 0.562. The zero-order chi connectivity index (χ0) is 16.3. The number of carbonyl (C=O) groups excluding carboxylic acids is 1. The molecule has 3 N–H and O–H groups in total. The van der Waals surface area contributed by atoms with Crippen LogP contribution in [0, 0.1) is 5.92 Å². The number of rotatable bonds is 4. The first kappa shape index (κ1) is 17.1. The molecule has 0 aromatic heterocycles. The number of piperidine rings is 1. The van der Waals surface area contributed by atoms with Crippen LogP contribution in [0.4, 0.5) is 5.69 Å². The van der Waals surface area contributed by atoms with Crippen molar-refractivity contribution in [1.29, 1.82) is 0 Å². The molecule has 1 aliphatic heterocycles. The Morgan fingerprint density at radius 1 is 1.41 bits per heavy atom. The molecule has 1 fully saturated rings. The number of phenols is 1. The van der Waals surface area contributed by atoms with Gasteiger partial charge in [-0.3, -0.25) is 4.79 Å². The molecular formula is C16H23ClN2O3. The predicted molar refractivity (Wildman–Crippen MR) is 87.2 cm³/mol. The number of nitrogens with zero attached hydrogens (tertiary/aromatic N) is 1. The van der Waals surface area contributed by atoms with Gasteiger partial charge in [0.2, 0.25) is 5.91 Å². The summed E-state index contributed by atoms with van der Waals surface area (Å²) in [5, 5.41) is 22.8. The quantitative estimate of drug-likeness (QED) is 0.743. The van der Waals surface area contributed by atoms with Crippen LogP contribution in [-0.2, 0) is 4.79 Å². The van der Waals surface area contributed by atoms with Gasteiger partial charge < -0.3 is 20.4 Å². The highest BCUT2D eigenvalue weighted by molar-refractivity contribution is 6.31. The molecule has 0 radical (unpaired) electrons. The van der Waals surface area contributed by atoms with E-state index >= 15 is 0 Å². The average molecular weight is 327 g/mol. The molecule has 5 nitrogen and oxygen atoms in total. The van der Waals surface area contributed by atoms with Gasteiger partial charge in [-0.25, -0.2) is 0 Å². The molecule has 122 valence electrons. The lowest BCUT2D eigenvalue weighted by molar-refractivity contribution is -0.121. The van der Waals surface area contributed by atoms with E-state index in [1.807, 2.05) is 0 Å². The first-order valence-electron chi connectivity index (χ1n) is 7.49. The number of carbonyl (C=O) groups is 1. The Hall–Kier alpha value is -1.30. The van der Waals surface area contributed by atoms with E-state index in [1.54, 1.807) is 19.9 Å². The van der Waals surface area contributed by atoms with E-state index in [9.17, 15) is 15.0 Å². The number of anilines is 1. The van der Waals surface area contributed by atoms with Crippen LogP contribution in [0.3, 0.4) is 0 Å². The highest BCUT2D eigenvalue weighted by Gasteiger charge is 2.28. The van der Waals surface area contributed by atoms with Crippen LogP contribution in [0.1, 0.15) is 26.7 Å². The molecule has 2 rings (SSSR count). The van der Waals surface area contributed by atoms with Crippen LogP contribution < -0.4 is 5.32 Å². The Balaban J connectivity index is 1.89. The molecule has 0 spiro atoms. The summed E-state index contributed by atoms with van der Waals surface area (Å²) in [7, 11) is 0. The van der Waals surface area contributed by atoms with E-state index in [2.05, 4.69) is 10.2 Å². The highest BCUT2D eigenvalue weighted by atomic mass is 35.5. The van der Waals surface area contributed by atoms with Crippen molar-refractivity contribution in [2.24, 2.45) is 5.92 Å². The summed E-state index contributed by atoms with van der Waals surface area (Å²) < 4.78 is 0.